The summed E-state index contributed by atoms with van der Waals surface area (Å²) in [6.45, 7) is 0.227. The van der Waals surface area contributed by atoms with Crippen LogP contribution in [0.15, 0.2) is 114 Å². The summed E-state index contributed by atoms with van der Waals surface area (Å²) in [6, 6.07) is 32.6. The number of amides is 1. The highest BCUT2D eigenvalue weighted by Crippen LogP contribution is 2.22. The van der Waals surface area contributed by atoms with Crippen molar-refractivity contribution in [1.29, 1.82) is 0 Å². The van der Waals surface area contributed by atoms with E-state index in [1.165, 1.54) is 0 Å². The van der Waals surface area contributed by atoms with Gasteiger partial charge in [0.1, 0.15) is 11.5 Å². The van der Waals surface area contributed by atoms with Crippen molar-refractivity contribution in [2.75, 3.05) is 5.32 Å². The van der Waals surface area contributed by atoms with Crippen molar-refractivity contribution >= 4 is 21.6 Å². The van der Waals surface area contributed by atoms with Gasteiger partial charge in [-0.3, -0.25) is 4.79 Å². The van der Waals surface area contributed by atoms with E-state index in [1.54, 1.807) is 48.5 Å². The van der Waals surface area contributed by atoms with E-state index in [-0.39, 0.29) is 23.8 Å². The Bertz CT molecular complexity index is 1340. The lowest BCUT2D eigenvalue weighted by Gasteiger charge is -2.09. The number of hydrogen-bond donors (Lipinski definition) is 2. The highest BCUT2D eigenvalue weighted by Gasteiger charge is 2.13. The first kappa shape index (κ1) is 24.2. The summed E-state index contributed by atoms with van der Waals surface area (Å²) in [5.74, 6) is 1.31. The molecule has 0 radical (unpaired) electrons. The van der Waals surface area contributed by atoms with Crippen molar-refractivity contribution < 1.29 is 17.9 Å². The molecular weight excluding hydrogens is 460 g/mol. The molecule has 0 aliphatic rings. The summed E-state index contributed by atoms with van der Waals surface area (Å²) in [4.78, 5) is 12.6. The molecule has 1 amide bonds. The molecule has 2 N–H and O–H groups in total. The van der Waals surface area contributed by atoms with Gasteiger partial charge in [-0.1, -0.05) is 60.7 Å². The van der Waals surface area contributed by atoms with Crippen LogP contribution in [0.4, 0.5) is 5.69 Å². The second-order valence-corrected chi connectivity index (χ2v) is 9.71. The lowest BCUT2D eigenvalue weighted by Crippen LogP contribution is -2.23. The number of benzene rings is 4. The lowest BCUT2D eigenvalue weighted by molar-refractivity contribution is -0.116. The van der Waals surface area contributed by atoms with Crippen LogP contribution in [0.5, 0.6) is 11.5 Å². The Balaban J connectivity index is 1.25. The number of hydrogen-bond acceptors (Lipinski definition) is 4. The van der Waals surface area contributed by atoms with Crippen LogP contribution < -0.4 is 14.8 Å². The van der Waals surface area contributed by atoms with Gasteiger partial charge in [0.15, 0.2) is 0 Å². The predicted octanol–water partition coefficient (Wildman–Crippen LogP) is 5.53. The molecule has 0 heterocycles. The normalized spacial score (nSPS) is 11.1. The third-order valence-corrected chi connectivity index (χ3v) is 6.72. The molecule has 0 aliphatic heterocycles. The van der Waals surface area contributed by atoms with Crippen molar-refractivity contribution in [1.82, 2.24) is 4.72 Å². The number of aryl methyl sites for hydroxylation is 1. The Morgan fingerprint density at radius 2 is 1.29 bits per heavy atom. The summed E-state index contributed by atoms with van der Waals surface area (Å²) in [6.07, 6.45) is 0.777. The predicted molar refractivity (Wildman–Crippen MR) is 137 cm³/mol. The van der Waals surface area contributed by atoms with Gasteiger partial charge in [-0.2, -0.15) is 0 Å². The number of carbonyl (C=O) groups excluding carboxylic acids is 1. The molecule has 0 saturated heterocycles. The quantitative estimate of drug-likeness (QED) is 0.309. The zero-order valence-corrected chi connectivity index (χ0v) is 19.9. The van der Waals surface area contributed by atoms with E-state index < -0.39 is 10.0 Å². The summed E-state index contributed by atoms with van der Waals surface area (Å²) in [7, 11) is -3.61. The molecule has 0 bridgehead atoms. The van der Waals surface area contributed by atoms with Gasteiger partial charge in [-0.05, 0) is 66.1 Å². The summed E-state index contributed by atoms with van der Waals surface area (Å²) in [5, 5.41) is 2.87. The summed E-state index contributed by atoms with van der Waals surface area (Å²) < 4.78 is 33.4. The third-order valence-electron chi connectivity index (χ3n) is 5.30. The Labute approximate surface area is 205 Å². The number of carbonyl (C=O) groups is 1. The van der Waals surface area contributed by atoms with E-state index in [0.29, 0.717) is 17.9 Å². The average Bonchev–Trinajstić information content (AvgIpc) is 2.89. The minimum Gasteiger partial charge on any atom is -0.457 e. The second-order valence-electron chi connectivity index (χ2n) is 7.94. The summed E-state index contributed by atoms with van der Waals surface area (Å²) >= 11 is 0. The molecule has 0 aliphatic carbocycles. The summed E-state index contributed by atoms with van der Waals surface area (Å²) in [5.41, 5.74) is 2.45. The molecular formula is C28H26N2O4S. The second kappa shape index (κ2) is 11.5. The van der Waals surface area contributed by atoms with Crippen LogP contribution in [0.3, 0.4) is 0 Å². The molecule has 0 fully saturated rings. The Morgan fingerprint density at radius 3 is 1.94 bits per heavy atom. The Kier molecular flexibility index (Phi) is 7.92. The Hall–Kier alpha value is -3.94. The fraction of sp³-hybridized carbons (Fsp3) is 0.107. The molecule has 7 heteroatoms. The van der Waals surface area contributed by atoms with E-state index in [9.17, 15) is 13.2 Å². The van der Waals surface area contributed by atoms with Crippen LogP contribution in [0.25, 0.3) is 0 Å². The van der Waals surface area contributed by atoms with Gasteiger partial charge in [0.2, 0.25) is 15.9 Å². The van der Waals surface area contributed by atoms with Crippen molar-refractivity contribution in [2.24, 2.45) is 0 Å². The topological polar surface area (TPSA) is 84.5 Å². The number of sulfonamides is 1. The van der Waals surface area contributed by atoms with E-state index >= 15 is 0 Å². The average molecular weight is 487 g/mol. The molecule has 4 rings (SSSR count). The molecule has 0 spiro atoms. The van der Waals surface area contributed by atoms with E-state index in [1.807, 2.05) is 60.7 Å². The van der Waals surface area contributed by atoms with Crippen LogP contribution >= 0.6 is 0 Å². The highest BCUT2D eigenvalue weighted by molar-refractivity contribution is 7.89. The number of ether oxygens (including phenoxy) is 1. The van der Waals surface area contributed by atoms with Crippen molar-refractivity contribution in [3.8, 4) is 11.5 Å². The minimum atomic E-state index is -3.61. The first-order valence-electron chi connectivity index (χ1n) is 11.2. The van der Waals surface area contributed by atoms with Gasteiger partial charge in [0, 0.05) is 18.7 Å². The number of nitrogens with one attached hydrogen (secondary N) is 2. The fourth-order valence-electron chi connectivity index (χ4n) is 3.41. The van der Waals surface area contributed by atoms with Crippen LogP contribution in [0.1, 0.15) is 17.5 Å². The largest absolute Gasteiger partial charge is 0.457 e. The molecule has 0 unspecified atom stereocenters. The smallest absolute Gasteiger partial charge is 0.240 e. The van der Waals surface area contributed by atoms with Gasteiger partial charge in [0.25, 0.3) is 0 Å². The Morgan fingerprint density at radius 1 is 0.686 bits per heavy atom. The lowest BCUT2D eigenvalue weighted by atomic mass is 10.1. The molecule has 0 saturated carbocycles. The fourth-order valence-corrected chi connectivity index (χ4v) is 4.42. The monoisotopic (exact) mass is 486 g/mol. The van der Waals surface area contributed by atoms with Crippen LogP contribution in [-0.4, -0.2) is 14.3 Å². The number of rotatable bonds is 10. The first-order valence-corrected chi connectivity index (χ1v) is 12.7. The number of para-hydroxylation sites is 1. The molecule has 4 aromatic carbocycles. The van der Waals surface area contributed by atoms with Gasteiger partial charge >= 0.3 is 0 Å². The molecule has 0 atom stereocenters. The third kappa shape index (κ3) is 7.27. The van der Waals surface area contributed by atoms with Crippen LogP contribution in [-0.2, 0) is 27.8 Å². The zero-order valence-electron chi connectivity index (χ0n) is 19.1. The van der Waals surface area contributed by atoms with Gasteiger partial charge < -0.3 is 10.1 Å². The van der Waals surface area contributed by atoms with E-state index in [2.05, 4.69) is 10.0 Å². The maximum atomic E-state index is 12.5. The zero-order chi connectivity index (χ0) is 24.5. The molecule has 4 aromatic rings. The number of anilines is 1. The van der Waals surface area contributed by atoms with Gasteiger partial charge in [0.05, 0.1) is 4.90 Å². The molecule has 35 heavy (non-hydrogen) atoms. The molecule has 178 valence electrons. The van der Waals surface area contributed by atoms with Gasteiger partial charge in [-0.15, -0.1) is 0 Å². The minimum absolute atomic E-state index is 0.122. The van der Waals surface area contributed by atoms with Crippen molar-refractivity contribution in [2.45, 2.75) is 24.3 Å². The SMILES string of the molecule is O=C(CCc1ccc(S(=O)(=O)NCc2ccccc2)cc1)Nc1ccc(Oc2ccccc2)cc1. The molecule has 0 aromatic heterocycles. The standard InChI is InChI=1S/C28H26N2O4S/c31-28(30-24-14-16-26(17-15-24)34-25-9-5-2-6-10-25)20-13-22-11-18-27(19-12-22)35(32,33)29-21-23-7-3-1-4-8-23/h1-12,14-19,29H,13,20-21H2,(H,30,31). The van der Waals surface area contributed by atoms with E-state index in [0.717, 1.165) is 16.9 Å². The van der Waals surface area contributed by atoms with Crippen LogP contribution in [0, 0.1) is 0 Å². The van der Waals surface area contributed by atoms with E-state index in [4.69, 9.17) is 4.74 Å². The maximum Gasteiger partial charge on any atom is 0.240 e. The maximum absolute atomic E-state index is 12.5. The molecule has 6 nitrogen and oxygen atoms in total. The highest BCUT2D eigenvalue weighted by atomic mass is 32.2. The van der Waals surface area contributed by atoms with Gasteiger partial charge in [-0.25, -0.2) is 13.1 Å². The van der Waals surface area contributed by atoms with Crippen molar-refractivity contribution in [3.05, 3.63) is 120 Å². The first-order chi connectivity index (χ1) is 17.0. The van der Waals surface area contributed by atoms with Crippen LogP contribution in [0.2, 0.25) is 0 Å². The van der Waals surface area contributed by atoms with Crippen molar-refractivity contribution in [3.63, 3.8) is 0 Å².